The molecule has 1 fully saturated rings. The lowest BCUT2D eigenvalue weighted by molar-refractivity contribution is 0.0613. The number of hydrogen-bond donors (Lipinski definition) is 0. The maximum absolute atomic E-state index is 13.2. The molecule has 0 radical (unpaired) electrons. The quantitative estimate of drug-likeness (QED) is 0.730. The number of aromatic nitrogens is 3. The van der Waals surface area contributed by atoms with Gasteiger partial charge in [-0.1, -0.05) is 19.3 Å². The zero-order valence-electron chi connectivity index (χ0n) is 14.4. The Morgan fingerprint density at radius 3 is 2.92 bits per heavy atom. The summed E-state index contributed by atoms with van der Waals surface area (Å²) in [7, 11) is 1.90. The van der Waals surface area contributed by atoms with E-state index in [-0.39, 0.29) is 11.9 Å². The number of carbonyl (C=O) groups is 1. The van der Waals surface area contributed by atoms with E-state index in [9.17, 15) is 4.79 Å². The lowest BCUT2D eigenvalue weighted by Gasteiger charge is -2.34. The van der Waals surface area contributed by atoms with Crippen molar-refractivity contribution in [3.8, 4) is 0 Å². The molecule has 0 unspecified atom stereocenters. The molecule has 0 atom stereocenters. The molecule has 0 aliphatic heterocycles. The number of pyridine rings is 1. The van der Waals surface area contributed by atoms with E-state index < -0.39 is 0 Å². The number of imidazole rings is 1. The van der Waals surface area contributed by atoms with Gasteiger partial charge in [0.2, 0.25) is 0 Å². The van der Waals surface area contributed by atoms with Crippen LogP contribution in [0.2, 0.25) is 0 Å². The smallest absolute Gasteiger partial charge is 0.256 e. The maximum atomic E-state index is 13.2. The molecular weight excluding hydrogens is 316 g/mol. The van der Waals surface area contributed by atoms with E-state index in [4.69, 9.17) is 4.42 Å². The fourth-order valence-electron chi connectivity index (χ4n) is 3.64. The molecule has 3 heterocycles. The van der Waals surface area contributed by atoms with E-state index in [0.717, 1.165) is 29.6 Å². The van der Waals surface area contributed by atoms with Gasteiger partial charge in [-0.3, -0.25) is 4.79 Å². The summed E-state index contributed by atoms with van der Waals surface area (Å²) in [5.74, 6) is 0.0214. The molecule has 3 aromatic rings. The van der Waals surface area contributed by atoms with Crippen LogP contribution in [0.4, 0.5) is 0 Å². The number of rotatable bonds is 4. The Balaban J connectivity index is 1.64. The summed E-state index contributed by atoms with van der Waals surface area (Å²) < 4.78 is 7.04. The monoisotopic (exact) mass is 338 g/mol. The summed E-state index contributed by atoms with van der Waals surface area (Å²) in [5, 5.41) is 0. The third-order valence-corrected chi connectivity index (χ3v) is 5.01. The lowest BCUT2D eigenvalue weighted by Crippen LogP contribution is -2.41. The number of fused-ring (bicyclic) bond motifs is 1. The lowest BCUT2D eigenvalue weighted by atomic mass is 9.93. The Bertz CT molecular complexity index is 863. The highest BCUT2D eigenvalue weighted by molar-refractivity contribution is 5.96. The van der Waals surface area contributed by atoms with Crippen LogP contribution in [0.5, 0.6) is 0 Å². The molecule has 25 heavy (non-hydrogen) atoms. The third-order valence-electron chi connectivity index (χ3n) is 5.01. The molecule has 0 spiro atoms. The van der Waals surface area contributed by atoms with Gasteiger partial charge in [0, 0.05) is 31.4 Å². The van der Waals surface area contributed by atoms with Crippen LogP contribution in [0, 0.1) is 0 Å². The standard InChI is InChI=1S/C19H22N4O2/c1-22-13-21-17-9-15(10-20-18(17)22)19(24)23(11-14-7-8-25-12-14)16-5-3-2-4-6-16/h7-10,12-13,16H,2-6,11H2,1H3. The van der Waals surface area contributed by atoms with Gasteiger partial charge in [-0.25, -0.2) is 9.97 Å². The summed E-state index contributed by atoms with van der Waals surface area (Å²) in [4.78, 5) is 24.0. The van der Waals surface area contributed by atoms with Crippen molar-refractivity contribution in [2.24, 2.45) is 7.05 Å². The van der Waals surface area contributed by atoms with Crippen LogP contribution in [0.1, 0.15) is 48.0 Å². The topological polar surface area (TPSA) is 64.2 Å². The van der Waals surface area contributed by atoms with E-state index in [0.29, 0.717) is 12.1 Å². The molecule has 1 amide bonds. The van der Waals surface area contributed by atoms with Crippen LogP contribution in [0.15, 0.2) is 41.6 Å². The van der Waals surface area contributed by atoms with Crippen molar-refractivity contribution < 1.29 is 9.21 Å². The molecule has 1 aliphatic carbocycles. The van der Waals surface area contributed by atoms with Crippen LogP contribution >= 0.6 is 0 Å². The van der Waals surface area contributed by atoms with Gasteiger partial charge >= 0.3 is 0 Å². The van der Waals surface area contributed by atoms with Crippen LogP contribution in [-0.2, 0) is 13.6 Å². The Kier molecular flexibility index (Phi) is 4.26. The molecule has 0 bridgehead atoms. The summed E-state index contributed by atoms with van der Waals surface area (Å²) in [6.45, 7) is 0.570. The van der Waals surface area contributed by atoms with Crippen molar-refractivity contribution in [1.82, 2.24) is 19.4 Å². The highest BCUT2D eigenvalue weighted by Gasteiger charge is 2.27. The zero-order chi connectivity index (χ0) is 17.2. The molecule has 1 aliphatic rings. The van der Waals surface area contributed by atoms with Gasteiger partial charge in [0.15, 0.2) is 5.65 Å². The molecule has 0 saturated heterocycles. The van der Waals surface area contributed by atoms with Crippen molar-refractivity contribution in [2.45, 2.75) is 44.7 Å². The minimum absolute atomic E-state index is 0.0214. The molecule has 0 N–H and O–H groups in total. The first-order valence-electron chi connectivity index (χ1n) is 8.81. The normalized spacial score (nSPS) is 15.6. The Labute approximate surface area is 146 Å². The first-order chi connectivity index (χ1) is 12.2. The first-order valence-corrected chi connectivity index (χ1v) is 8.81. The first kappa shape index (κ1) is 15.9. The van der Waals surface area contributed by atoms with Gasteiger partial charge in [-0.15, -0.1) is 0 Å². The van der Waals surface area contributed by atoms with E-state index in [1.165, 1.54) is 19.3 Å². The second kappa shape index (κ2) is 6.70. The summed E-state index contributed by atoms with van der Waals surface area (Å²) in [6.07, 6.45) is 12.5. The number of carbonyl (C=O) groups excluding carboxylic acids is 1. The van der Waals surface area contributed by atoms with Gasteiger partial charge in [0.25, 0.3) is 5.91 Å². The van der Waals surface area contributed by atoms with Crippen LogP contribution in [0.3, 0.4) is 0 Å². The predicted molar refractivity (Wildman–Crippen MR) is 94.0 cm³/mol. The van der Waals surface area contributed by atoms with E-state index in [2.05, 4.69) is 9.97 Å². The zero-order valence-corrected chi connectivity index (χ0v) is 14.4. The highest BCUT2D eigenvalue weighted by Crippen LogP contribution is 2.26. The van der Waals surface area contributed by atoms with Crippen LogP contribution < -0.4 is 0 Å². The number of nitrogens with zero attached hydrogens (tertiary/aromatic N) is 4. The van der Waals surface area contributed by atoms with Gasteiger partial charge in [0.05, 0.1) is 24.4 Å². The molecule has 4 rings (SSSR count). The average Bonchev–Trinajstić information content (AvgIpc) is 3.29. The Hall–Kier alpha value is -2.63. The van der Waals surface area contributed by atoms with Crippen molar-refractivity contribution >= 4 is 17.1 Å². The van der Waals surface area contributed by atoms with E-state index in [1.807, 2.05) is 28.6 Å². The molecule has 130 valence electrons. The summed E-state index contributed by atoms with van der Waals surface area (Å²) >= 11 is 0. The van der Waals surface area contributed by atoms with Crippen molar-refractivity contribution in [1.29, 1.82) is 0 Å². The molecule has 0 aromatic carbocycles. The summed E-state index contributed by atoms with van der Waals surface area (Å²) in [5.41, 5.74) is 3.15. The minimum atomic E-state index is 0.0214. The molecule has 6 nitrogen and oxygen atoms in total. The number of furan rings is 1. The number of amides is 1. The van der Waals surface area contributed by atoms with Gasteiger partial charge in [-0.05, 0) is 25.0 Å². The fourth-order valence-corrected chi connectivity index (χ4v) is 3.64. The average molecular weight is 338 g/mol. The van der Waals surface area contributed by atoms with Crippen LogP contribution in [0.25, 0.3) is 11.2 Å². The second-order valence-corrected chi connectivity index (χ2v) is 6.78. The molecule has 6 heteroatoms. The van der Waals surface area contributed by atoms with E-state index in [1.54, 1.807) is 25.1 Å². The van der Waals surface area contributed by atoms with Gasteiger partial charge in [-0.2, -0.15) is 0 Å². The molecule has 3 aromatic heterocycles. The number of aryl methyl sites for hydroxylation is 1. The van der Waals surface area contributed by atoms with E-state index >= 15 is 0 Å². The maximum Gasteiger partial charge on any atom is 0.256 e. The Morgan fingerprint density at radius 2 is 2.16 bits per heavy atom. The minimum Gasteiger partial charge on any atom is -0.472 e. The Morgan fingerprint density at radius 1 is 1.32 bits per heavy atom. The molecule has 1 saturated carbocycles. The van der Waals surface area contributed by atoms with Crippen LogP contribution in [-0.4, -0.2) is 31.4 Å². The largest absolute Gasteiger partial charge is 0.472 e. The fraction of sp³-hybridized carbons (Fsp3) is 0.421. The second-order valence-electron chi connectivity index (χ2n) is 6.78. The SMILES string of the molecule is Cn1cnc2cc(C(=O)N(Cc3ccoc3)C3CCCCC3)cnc21. The third kappa shape index (κ3) is 3.16. The highest BCUT2D eigenvalue weighted by atomic mass is 16.3. The summed E-state index contributed by atoms with van der Waals surface area (Å²) in [6, 6.07) is 4.04. The van der Waals surface area contributed by atoms with Gasteiger partial charge < -0.3 is 13.9 Å². The predicted octanol–water partition coefficient (Wildman–Crippen LogP) is 3.54. The van der Waals surface area contributed by atoms with Crippen molar-refractivity contribution in [3.05, 3.63) is 48.3 Å². The van der Waals surface area contributed by atoms with Gasteiger partial charge in [0.1, 0.15) is 5.52 Å². The number of hydrogen-bond acceptors (Lipinski definition) is 4. The molecular formula is C19H22N4O2. The van der Waals surface area contributed by atoms with Crippen molar-refractivity contribution in [3.63, 3.8) is 0 Å². The van der Waals surface area contributed by atoms with Crippen molar-refractivity contribution in [2.75, 3.05) is 0 Å².